The van der Waals surface area contributed by atoms with Crippen molar-refractivity contribution < 1.29 is 0 Å². The van der Waals surface area contributed by atoms with E-state index in [0.717, 1.165) is 22.9 Å². The second-order valence-electron chi connectivity index (χ2n) is 4.11. The second-order valence-corrected chi connectivity index (χ2v) is 4.11. The van der Waals surface area contributed by atoms with Crippen molar-refractivity contribution in [1.82, 2.24) is 18.9 Å². The zero-order valence-electron chi connectivity index (χ0n) is 9.75. The average molecular weight is 227 g/mol. The number of nitrogens with zero attached hydrogens (tertiary/aromatic N) is 4. The minimum Gasteiger partial charge on any atom is -0.396 e. The molecule has 2 N–H and O–H groups in total. The highest BCUT2D eigenvalue weighted by Gasteiger charge is 2.07. The molecule has 0 aromatic carbocycles. The van der Waals surface area contributed by atoms with Crippen LogP contribution in [0.3, 0.4) is 0 Å². The van der Waals surface area contributed by atoms with Crippen LogP contribution in [-0.2, 0) is 0 Å². The van der Waals surface area contributed by atoms with E-state index in [0.29, 0.717) is 5.69 Å². The monoisotopic (exact) mass is 227 g/mol. The highest BCUT2D eigenvalue weighted by atomic mass is 15.1. The number of rotatable bonds is 1. The van der Waals surface area contributed by atoms with Gasteiger partial charge in [-0.2, -0.15) is 0 Å². The molecule has 0 atom stereocenters. The Morgan fingerprint density at radius 3 is 2.76 bits per heavy atom. The van der Waals surface area contributed by atoms with Gasteiger partial charge in [0, 0.05) is 24.8 Å². The molecule has 0 aliphatic carbocycles. The first kappa shape index (κ1) is 9.89. The number of hydrogen-bond acceptors (Lipinski definition) is 3. The predicted octanol–water partition coefficient (Wildman–Crippen LogP) is 1.72. The third-order valence-corrected chi connectivity index (χ3v) is 2.79. The van der Waals surface area contributed by atoms with Crippen molar-refractivity contribution in [3.8, 4) is 5.69 Å². The SMILES string of the molecule is Cc1cn2cc(-n3ccnc3C)cc(N)c2n1. The van der Waals surface area contributed by atoms with Crippen LogP contribution < -0.4 is 5.73 Å². The number of nitrogen functional groups attached to an aromatic ring is 1. The fourth-order valence-electron chi connectivity index (χ4n) is 2.01. The summed E-state index contributed by atoms with van der Waals surface area (Å²) in [5.74, 6) is 0.931. The van der Waals surface area contributed by atoms with Gasteiger partial charge in [0.25, 0.3) is 0 Å². The molecule has 0 fully saturated rings. The number of anilines is 1. The Hall–Kier alpha value is -2.30. The molecule has 0 aliphatic heterocycles. The summed E-state index contributed by atoms with van der Waals surface area (Å²) in [4.78, 5) is 8.58. The van der Waals surface area contributed by atoms with Crippen LogP contribution in [0.15, 0.2) is 30.9 Å². The van der Waals surface area contributed by atoms with Gasteiger partial charge >= 0.3 is 0 Å². The predicted molar refractivity (Wildman–Crippen MR) is 66.2 cm³/mol. The molecule has 86 valence electrons. The fraction of sp³-hybridized carbons (Fsp3) is 0.167. The molecule has 0 unspecified atom stereocenters. The van der Waals surface area contributed by atoms with Crippen molar-refractivity contribution in [3.05, 3.63) is 42.4 Å². The molecule has 17 heavy (non-hydrogen) atoms. The Morgan fingerprint density at radius 2 is 2.06 bits per heavy atom. The summed E-state index contributed by atoms with van der Waals surface area (Å²) in [5.41, 5.74) is 9.42. The van der Waals surface area contributed by atoms with E-state index < -0.39 is 0 Å². The van der Waals surface area contributed by atoms with Crippen LogP contribution in [0.25, 0.3) is 11.3 Å². The highest BCUT2D eigenvalue weighted by molar-refractivity contribution is 5.68. The molecule has 0 bridgehead atoms. The van der Waals surface area contributed by atoms with Crippen LogP contribution in [0, 0.1) is 13.8 Å². The summed E-state index contributed by atoms with van der Waals surface area (Å²) >= 11 is 0. The maximum absolute atomic E-state index is 6.01. The van der Waals surface area contributed by atoms with Crippen LogP contribution >= 0.6 is 0 Å². The van der Waals surface area contributed by atoms with Gasteiger partial charge in [-0.3, -0.25) is 0 Å². The summed E-state index contributed by atoms with van der Waals surface area (Å²) < 4.78 is 3.94. The number of pyridine rings is 1. The first-order valence-electron chi connectivity index (χ1n) is 5.40. The van der Waals surface area contributed by atoms with Crippen molar-refractivity contribution in [1.29, 1.82) is 0 Å². The number of aromatic nitrogens is 4. The summed E-state index contributed by atoms with van der Waals surface area (Å²) in [7, 11) is 0. The average Bonchev–Trinajstić information content (AvgIpc) is 2.83. The van der Waals surface area contributed by atoms with Gasteiger partial charge in [0.15, 0.2) is 5.65 Å². The van der Waals surface area contributed by atoms with E-state index in [-0.39, 0.29) is 0 Å². The zero-order chi connectivity index (χ0) is 12.0. The molecular formula is C12H13N5. The van der Waals surface area contributed by atoms with Gasteiger partial charge in [-0.1, -0.05) is 0 Å². The lowest BCUT2D eigenvalue weighted by Crippen LogP contribution is -2.00. The lowest BCUT2D eigenvalue weighted by molar-refractivity contribution is 0.959. The van der Waals surface area contributed by atoms with Gasteiger partial charge in [-0.25, -0.2) is 9.97 Å². The van der Waals surface area contributed by atoms with Crippen LogP contribution in [0.5, 0.6) is 0 Å². The molecule has 3 aromatic rings. The maximum Gasteiger partial charge on any atom is 0.160 e. The lowest BCUT2D eigenvalue weighted by atomic mass is 10.3. The molecule has 5 heteroatoms. The second kappa shape index (κ2) is 3.35. The Kier molecular flexibility index (Phi) is 1.95. The van der Waals surface area contributed by atoms with Gasteiger partial charge in [0.1, 0.15) is 5.82 Å². The first-order chi connectivity index (χ1) is 8.15. The van der Waals surface area contributed by atoms with Crippen molar-refractivity contribution >= 4 is 11.3 Å². The van der Waals surface area contributed by atoms with Gasteiger partial charge in [-0.15, -0.1) is 0 Å². The zero-order valence-corrected chi connectivity index (χ0v) is 9.75. The molecule has 3 heterocycles. The fourth-order valence-corrected chi connectivity index (χ4v) is 2.01. The van der Waals surface area contributed by atoms with Crippen LogP contribution in [0.1, 0.15) is 11.5 Å². The largest absolute Gasteiger partial charge is 0.396 e. The molecule has 3 rings (SSSR count). The molecule has 0 saturated heterocycles. The number of nitrogens with two attached hydrogens (primary N) is 1. The third-order valence-electron chi connectivity index (χ3n) is 2.79. The Balaban J connectivity index is 2.28. The number of fused-ring (bicyclic) bond motifs is 1. The number of aryl methyl sites for hydroxylation is 2. The van der Waals surface area contributed by atoms with Gasteiger partial charge in [0.05, 0.1) is 17.1 Å². The molecule has 0 spiro atoms. The molecule has 0 amide bonds. The molecule has 0 saturated carbocycles. The number of hydrogen-bond donors (Lipinski definition) is 1. The minimum atomic E-state index is 0.670. The summed E-state index contributed by atoms with van der Waals surface area (Å²) in [6.07, 6.45) is 7.65. The standard InChI is InChI=1S/C12H13N5/c1-8-6-16-7-10(5-11(13)12(16)15-8)17-4-3-14-9(17)2/h3-7H,13H2,1-2H3. The smallest absolute Gasteiger partial charge is 0.160 e. The van der Waals surface area contributed by atoms with Crippen LogP contribution in [0.2, 0.25) is 0 Å². The quantitative estimate of drug-likeness (QED) is 0.688. The minimum absolute atomic E-state index is 0.670. The van der Waals surface area contributed by atoms with E-state index in [1.165, 1.54) is 0 Å². The van der Waals surface area contributed by atoms with E-state index >= 15 is 0 Å². The van der Waals surface area contributed by atoms with Crippen molar-refractivity contribution in [2.24, 2.45) is 0 Å². The lowest BCUT2D eigenvalue weighted by Gasteiger charge is -2.07. The van der Waals surface area contributed by atoms with E-state index in [4.69, 9.17) is 5.73 Å². The Morgan fingerprint density at radius 1 is 1.24 bits per heavy atom. The van der Waals surface area contributed by atoms with E-state index in [1.807, 2.05) is 47.5 Å². The highest BCUT2D eigenvalue weighted by Crippen LogP contribution is 2.19. The Bertz CT molecular complexity index is 692. The topological polar surface area (TPSA) is 61.1 Å². The van der Waals surface area contributed by atoms with Crippen molar-refractivity contribution in [2.75, 3.05) is 5.73 Å². The molecule has 5 nitrogen and oxygen atoms in total. The Labute approximate surface area is 98.5 Å². The van der Waals surface area contributed by atoms with E-state index in [1.54, 1.807) is 6.20 Å². The van der Waals surface area contributed by atoms with E-state index in [9.17, 15) is 0 Å². The molecule has 0 aliphatic rings. The van der Waals surface area contributed by atoms with Crippen molar-refractivity contribution in [3.63, 3.8) is 0 Å². The van der Waals surface area contributed by atoms with Crippen molar-refractivity contribution in [2.45, 2.75) is 13.8 Å². The van der Waals surface area contributed by atoms with E-state index in [2.05, 4.69) is 9.97 Å². The van der Waals surface area contributed by atoms with Gasteiger partial charge in [-0.05, 0) is 19.9 Å². The maximum atomic E-state index is 6.01. The normalized spacial score (nSPS) is 11.2. The van der Waals surface area contributed by atoms with Gasteiger partial charge < -0.3 is 14.7 Å². The van der Waals surface area contributed by atoms with Crippen LogP contribution in [0.4, 0.5) is 5.69 Å². The summed E-state index contributed by atoms with van der Waals surface area (Å²) in [6.45, 7) is 3.91. The van der Waals surface area contributed by atoms with Gasteiger partial charge in [0.2, 0.25) is 0 Å². The summed E-state index contributed by atoms with van der Waals surface area (Å²) in [5, 5.41) is 0. The summed E-state index contributed by atoms with van der Waals surface area (Å²) in [6, 6.07) is 1.91. The molecular weight excluding hydrogens is 214 g/mol. The van der Waals surface area contributed by atoms with Crippen LogP contribution in [-0.4, -0.2) is 18.9 Å². The molecule has 0 radical (unpaired) electrons. The first-order valence-corrected chi connectivity index (χ1v) is 5.40. The number of imidazole rings is 2. The molecule has 3 aromatic heterocycles. The third kappa shape index (κ3) is 1.47.